The van der Waals surface area contributed by atoms with Crippen LogP contribution in [0.25, 0.3) is 0 Å². The summed E-state index contributed by atoms with van der Waals surface area (Å²) in [4.78, 5) is 0. The second kappa shape index (κ2) is 3.82. The fourth-order valence-electron chi connectivity index (χ4n) is 0.368. The van der Waals surface area contributed by atoms with Crippen molar-refractivity contribution in [2.45, 2.75) is 26.1 Å². The molecular formula is C6H14O3. The molecule has 1 unspecified atom stereocenters. The molecule has 3 nitrogen and oxygen atoms in total. The van der Waals surface area contributed by atoms with Crippen molar-refractivity contribution in [3.05, 3.63) is 0 Å². The SMILES string of the molecule is CCC(C)(O)OCCO. The first-order valence-electron chi connectivity index (χ1n) is 3.09. The minimum atomic E-state index is -1.07. The van der Waals surface area contributed by atoms with Crippen LogP contribution in [-0.2, 0) is 4.74 Å². The maximum atomic E-state index is 9.12. The van der Waals surface area contributed by atoms with Gasteiger partial charge in [-0.05, 0) is 13.3 Å². The average molecular weight is 134 g/mol. The van der Waals surface area contributed by atoms with E-state index in [1.54, 1.807) is 6.92 Å². The molecule has 1 atom stereocenters. The molecule has 0 bridgehead atoms. The molecule has 0 aromatic heterocycles. The first-order valence-corrected chi connectivity index (χ1v) is 3.09. The first-order chi connectivity index (χ1) is 4.12. The summed E-state index contributed by atoms with van der Waals surface area (Å²) in [6.07, 6.45) is 0.535. The molecule has 0 saturated carbocycles. The summed E-state index contributed by atoms with van der Waals surface area (Å²) in [6.45, 7) is 3.54. The van der Waals surface area contributed by atoms with Gasteiger partial charge in [0.15, 0.2) is 5.79 Å². The molecule has 3 heteroatoms. The lowest BCUT2D eigenvalue weighted by Gasteiger charge is -2.20. The van der Waals surface area contributed by atoms with Gasteiger partial charge in [0, 0.05) is 0 Å². The van der Waals surface area contributed by atoms with Crippen molar-refractivity contribution < 1.29 is 14.9 Å². The average Bonchev–Trinajstić information content (AvgIpc) is 1.84. The number of rotatable bonds is 4. The lowest BCUT2D eigenvalue weighted by molar-refractivity contribution is -0.195. The monoisotopic (exact) mass is 134 g/mol. The third-order valence-electron chi connectivity index (χ3n) is 1.16. The molecule has 0 aliphatic heterocycles. The van der Waals surface area contributed by atoms with E-state index in [9.17, 15) is 0 Å². The predicted molar refractivity (Wildman–Crippen MR) is 34.0 cm³/mol. The second-order valence-corrected chi connectivity index (χ2v) is 2.10. The molecule has 56 valence electrons. The Morgan fingerprint density at radius 2 is 2.11 bits per heavy atom. The fraction of sp³-hybridized carbons (Fsp3) is 1.00. The lowest BCUT2D eigenvalue weighted by atomic mass is 10.2. The molecule has 0 aromatic rings. The lowest BCUT2D eigenvalue weighted by Crippen LogP contribution is -2.28. The van der Waals surface area contributed by atoms with Crippen LogP contribution in [0.4, 0.5) is 0 Å². The fourth-order valence-corrected chi connectivity index (χ4v) is 0.368. The minimum absolute atomic E-state index is 0.0455. The molecule has 0 rings (SSSR count). The summed E-state index contributed by atoms with van der Waals surface area (Å²) in [6, 6.07) is 0. The summed E-state index contributed by atoms with van der Waals surface area (Å²) in [7, 11) is 0. The summed E-state index contributed by atoms with van der Waals surface area (Å²) in [5, 5.41) is 17.4. The Balaban J connectivity index is 3.33. The van der Waals surface area contributed by atoms with Crippen molar-refractivity contribution in [2.75, 3.05) is 13.2 Å². The van der Waals surface area contributed by atoms with Gasteiger partial charge in [0.2, 0.25) is 0 Å². The third-order valence-corrected chi connectivity index (χ3v) is 1.16. The Hall–Kier alpha value is -0.120. The summed E-state index contributed by atoms with van der Waals surface area (Å²) >= 11 is 0. The van der Waals surface area contributed by atoms with E-state index in [0.717, 1.165) is 0 Å². The van der Waals surface area contributed by atoms with Crippen molar-refractivity contribution in [3.63, 3.8) is 0 Å². The Labute approximate surface area is 55.3 Å². The highest BCUT2D eigenvalue weighted by Crippen LogP contribution is 2.08. The van der Waals surface area contributed by atoms with Crippen LogP contribution in [0.1, 0.15) is 20.3 Å². The van der Waals surface area contributed by atoms with Gasteiger partial charge in [-0.3, -0.25) is 0 Å². The van der Waals surface area contributed by atoms with Crippen LogP contribution in [0.3, 0.4) is 0 Å². The molecule has 0 fully saturated rings. The Bertz CT molecular complexity index is 70.7. The Morgan fingerprint density at radius 1 is 1.56 bits per heavy atom. The van der Waals surface area contributed by atoms with E-state index in [4.69, 9.17) is 14.9 Å². The van der Waals surface area contributed by atoms with E-state index < -0.39 is 5.79 Å². The Morgan fingerprint density at radius 3 is 2.44 bits per heavy atom. The van der Waals surface area contributed by atoms with Crippen LogP contribution >= 0.6 is 0 Å². The van der Waals surface area contributed by atoms with Gasteiger partial charge < -0.3 is 14.9 Å². The maximum absolute atomic E-state index is 9.12. The molecule has 0 saturated heterocycles. The van der Waals surface area contributed by atoms with Crippen LogP contribution in [0.15, 0.2) is 0 Å². The number of aliphatic hydroxyl groups excluding tert-OH is 1. The summed E-state index contributed by atoms with van der Waals surface area (Å²) in [5.74, 6) is -1.07. The molecule has 9 heavy (non-hydrogen) atoms. The molecule has 0 aliphatic rings. The van der Waals surface area contributed by atoms with Crippen molar-refractivity contribution in [2.24, 2.45) is 0 Å². The van der Waals surface area contributed by atoms with Crippen LogP contribution < -0.4 is 0 Å². The highest BCUT2D eigenvalue weighted by molar-refractivity contribution is 4.54. The Kier molecular flexibility index (Phi) is 3.77. The van der Waals surface area contributed by atoms with Gasteiger partial charge in [-0.1, -0.05) is 6.92 Å². The maximum Gasteiger partial charge on any atom is 0.162 e. The quantitative estimate of drug-likeness (QED) is 0.537. The number of aliphatic hydroxyl groups is 2. The van der Waals surface area contributed by atoms with E-state index in [2.05, 4.69) is 0 Å². The third kappa shape index (κ3) is 4.39. The predicted octanol–water partition coefficient (Wildman–Crippen LogP) is 0.114. The smallest absolute Gasteiger partial charge is 0.162 e. The van der Waals surface area contributed by atoms with Crippen molar-refractivity contribution in [1.29, 1.82) is 0 Å². The van der Waals surface area contributed by atoms with Gasteiger partial charge in [-0.2, -0.15) is 0 Å². The molecule has 0 radical (unpaired) electrons. The standard InChI is InChI=1S/C6H14O3/c1-3-6(2,8)9-5-4-7/h7-8H,3-5H2,1-2H3. The summed E-state index contributed by atoms with van der Waals surface area (Å²) < 4.78 is 4.83. The molecule has 0 heterocycles. The van der Waals surface area contributed by atoms with Gasteiger partial charge in [-0.25, -0.2) is 0 Å². The van der Waals surface area contributed by atoms with Gasteiger partial charge in [0.25, 0.3) is 0 Å². The van der Waals surface area contributed by atoms with Crippen LogP contribution in [0, 0.1) is 0 Å². The molecular weight excluding hydrogens is 120 g/mol. The van der Waals surface area contributed by atoms with Crippen molar-refractivity contribution >= 4 is 0 Å². The first kappa shape index (κ1) is 8.88. The molecule has 0 aromatic carbocycles. The van der Waals surface area contributed by atoms with Gasteiger partial charge in [-0.15, -0.1) is 0 Å². The molecule has 0 amide bonds. The molecule has 0 spiro atoms. The minimum Gasteiger partial charge on any atom is -0.394 e. The zero-order valence-electron chi connectivity index (χ0n) is 5.92. The van der Waals surface area contributed by atoms with E-state index in [1.165, 1.54) is 0 Å². The van der Waals surface area contributed by atoms with Crippen molar-refractivity contribution in [3.8, 4) is 0 Å². The number of hydrogen-bond donors (Lipinski definition) is 2. The molecule has 0 aliphatic carbocycles. The van der Waals surface area contributed by atoms with Crippen LogP contribution in [0.2, 0.25) is 0 Å². The normalized spacial score (nSPS) is 17.3. The highest BCUT2D eigenvalue weighted by atomic mass is 16.6. The van der Waals surface area contributed by atoms with Crippen LogP contribution in [-0.4, -0.2) is 29.2 Å². The summed E-state index contributed by atoms with van der Waals surface area (Å²) in [5.41, 5.74) is 0. The van der Waals surface area contributed by atoms with Gasteiger partial charge in [0.05, 0.1) is 13.2 Å². The largest absolute Gasteiger partial charge is 0.394 e. The van der Waals surface area contributed by atoms with E-state index in [-0.39, 0.29) is 13.2 Å². The zero-order valence-corrected chi connectivity index (χ0v) is 5.92. The van der Waals surface area contributed by atoms with Crippen molar-refractivity contribution in [1.82, 2.24) is 0 Å². The topological polar surface area (TPSA) is 49.7 Å². The number of ether oxygens (including phenoxy) is 1. The van der Waals surface area contributed by atoms with Gasteiger partial charge in [0.1, 0.15) is 0 Å². The van der Waals surface area contributed by atoms with E-state index in [1.807, 2.05) is 6.92 Å². The molecule has 2 N–H and O–H groups in total. The van der Waals surface area contributed by atoms with Crippen LogP contribution in [0.5, 0.6) is 0 Å². The number of hydrogen-bond acceptors (Lipinski definition) is 3. The zero-order chi connectivity index (χ0) is 7.33. The highest BCUT2D eigenvalue weighted by Gasteiger charge is 2.16. The second-order valence-electron chi connectivity index (χ2n) is 2.10. The van der Waals surface area contributed by atoms with E-state index >= 15 is 0 Å². The van der Waals surface area contributed by atoms with E-state index in [0.29, 0.717) is 6.42 Å². The van der Waals surface area contributed by atoms with Gasteiger partial charge >= 0.3 is 0 Å².